The highest BCUT2D eigenvalue weighted by Gasteiger charge is 2.58. The van der Waals surface area contributed by atoms with Crippen molar-refractivity contribution in [3.8, 4) is 5.75 Å². The molecule has 0 spiro atoms. The molecule has 0 aliphatic heterocycles. The normalized spacial score (nSPS) is 14.1. The zero-order valence-electron chi connectivity index (χ0n) is 10.9. The fraction of sp³-hybridized carbons (Fsp3) is 0.364. The van der Waals surface area contributed by atoms with Gasteiger partial charge < -0.3 is 15.2 Å². The summed E-state index contributed by atoms with van der Waals surface area (Å²) in [4.78, 5) is 20.8. The van der Waals surface area contributed by atoms with Crippen molar-refractivity contribution in [1.82, 2.24) is 0 Å². The third-order valence-electron chi connectivity index (χ3n) is 2.78. The summed E-state index contributed by atoms with van der Waals surface area (Å²) in [5.41, 5.74) is -4.68. The SMILES string of the molecule is COc1ccc(NC(C)(C(=O)O)C(F)(F)F)c([N+](=O)[O-])c1. The number of carboxylic acids is 1. The van der Waals surface area contributed by atoms with Crippen molar-refractivity contribution >= 4 is 17.3 Å². The van der Waals surface area contributed by atoms with Gasteiger partial charge >= 0.3 is 12.1 Å². The fourth-order valence-electron chi connectivity index (χ4n) is 1.41. The second kappa shape index (κ2) is 5.46. The minimum atomic E-state index is -5.16. The molecule has 1 atom stereocenters. The van der Waals surface area contributed by atoms with Crippen LogP contribution in [-0.4, -0.2) is 34.8 Å². The number of benzene rings is 1. The van der Waals surface area contributed by atoms with Gasteiger partial charge in [-0.15, -0.1) is 0 Å². The quantitative estimate of drug-likeness (QED) is 0.640. The Morgan fingerprint density at radius 2 is 2.00 bits per heavy atom. The van der Waals surface area contributed by atoms with Gasteiger partial charge in [-0.25, -0.2) is 4.79 Å². The number of hydrogen-bond acceptors (Lipinski definition) is 5. The third kappa shape index (κ3) is 3.15. The topological polar surface area (TPSA) is 102 Å². The molecule has 0 bridgehead atoms. The molecule has 116 valence electrons. The van der Waals surface area contributed by atoms with Crippen LogP contribution in [0.3, 0.4) is 0 Å². The summed E-state index contributed by atoms with van der Waals surface area (Å²) >= 11 is 0. The summed E-state index contributed by atoms with van der Waals surface area (Å²) in [6, 6.07) is 3.01. The number of methoxy groups -OCH3 is 1. The Morgan fingerprint density at radius 1 is 1.43 bits per heavy atom. The van der Waals surface area contributed by atoms with E-state index in [1.54, 1.807) is 5.32 Å². The molecule has 0 aliphatic rings. The molecule has 0 saturated carbocycles. The van der Waals surface area contributed by atoms with Gasteiger partial charge in [-0.1, -0.05) is 0 Å². The van der Waals surface area contributed by atoms with Crippen LogP contribution in [0.5, 0.6) is 5.75 Å². The summed E-state index contributed by atoms with van der Waals surface area (Å²) in [5, 5.41) is 21.3. The first-order valence-electron chi connectivity index (χ1n) is 5.43. The van der Waals surface area contributed by atoms with E-state index in [1.807, 2.05) is 0 Å². The summed E-state index contributed by atoms with van der Waals surface area (Å²) < 4.78 is 43.4. The number of carboxylic acid groups (broad SMARTS) is 1. The van der Waals surface area contributed by atoms with Crippen molar-refractivity contribution < 1.29 is 32.7 Å². The van der Waals surface area contributed by atoms with Crippen molar-refractivity contribution in [2.45, 2.75) is 18.6 Å². The van der Waals surface area contributed by atoms with Crippen molar-refractivity contribution in [2.24, 2.45) is 0 Å². The van der Waals surface area contributed by atoms with Crippen LogP contribution in [0.25, 0.3) is 0 Å². The number of nitro benzene ring substituents is 1. The largest absolute Gasteiger partial charge is 0.496 e. The highest BCUT2D eigenvalue weighted by Crippen LogP contribution is 2.37. The van der Waals surface area contributed by atoms with Crippen molar-refractivity contribution in [3.63, 3.8) is 0 Å². The number of anilines is 1. The number of rotatable bonds is 5. The minimum Gasteiger partial charge on any atom is -0.496 e. The van der Waals surface area contributed by atoms with Crippen LogP contribution in [-0.2, 0) is 4.79 Å². The lowest BCUT2D eigenvalue weighted by molar-refractivity contribution is -0.384. The van der Waals surface area contributed by atoms with Crippen LogP contribution >= 0.6 is 0 Å². The number of hydrogen-bond donors (Lipinski definition) is 2. The zero-order chi connectivity index (χ0) is 16.4. The second-order valence-electron chi connectivity index (χ2n) is 4.19. The number of halogens is 3. The molecule has 0 radical (unpaired) electrons. The minimum absolute atomic E-state index is 0.0521. The maximum absolute atomic E-state index is 12.9. The van der Waals surface area contributed by atoms with E-state index in [4.69, 9.17) is 9.84 Å². The predicted octanol–water partition coefficient (Wildman–Crippen LogP) is 2.42. The van der Waals surface area contributed by atoms with E-state index in [9.17, 15) is 28.1 Å². The summed E-state index contributed by atoms with van der Waals surface area (Å²) in [7, 11) is 1.23. The summed E-state index contributed by atoms with van der Waals surface area (Å²) in [6.07, 6.45) is -5.16. The van der Waals surface area contributed by atoms with Gasteiger partial charge in [-0.3, -0.25) is 10.1 Å². The smallest absolute Gasteiger partial charge is 0.422 e. The molecule has 10 heteroatoms. The average Bonchev–Trinajstić information content (AvgIpc) is 2.37. The lowest BCUT2D eigenvalue weighted by Gasteiger charge is -2.29. The molecule has 7 nitrogen and oxygen atoms in total. The fourth-order valence-corrected chi connectivity index (χ4v) is 1.41. The Morgan fingerprint density at radius 3 is 2.38 bits per heavy atom. The van der Waals surface area contributed by atoms with Gasteiger partial charge in [0.25, 0.3) is 5.69 Å². The second-order valence-corrected chi connectivity index (χ2v) is 4.19. The molecule has 1 aromatic rings. The number of carbonyl (C=O) groups is 1. The Hall–Kier alpha value is -2.52. The molecule has 1 aromatic carbocycles. The lowest BCUT2D eigenvalue weighted by atomic mass is 10.0. The maximum atomic E-state index is 12.9. The number of nitrogens with one attached hydrogen (secondary N) is 1. The highest BCUT2D eigenvalue weighted by atomic mass is 19.4. The molecule has 1 unspecified atom stereocenters. The van der Waals surface area contributed by atoms with Crippen LogP contribution < -0.4 is 10.1 Å². The van der Waals surface area contributed by atoms with E-state index < -0.39 is 34.0 Å². The first-order chi connectivity index (χ1) is 9.52. The van der Waals surface area contributed by atoms with E-state index in [2.05, 4.69) is 0 Å². The number of nitro groups is 1. The number of aliphatic carboxylic acids is 1. The Labute approximate surface area is 116 Å². The Bertz CT molecular complexity index is 575. The van der Waals surface area contributed by atoms with Gasteiger partial charge in [-0.05, 0) is 19.1 Å². The Balaban J connectivity index is 3.34. The van der Waals surface area contributed by atoms with Gasteiger partial charge in [0.05, 0.1) is 18.1 Å². The van der Waals surface area contributed by atoms with Crippen LogP contribution in [0.4, 0.5) is 24.5 Å². The first-order valence-corrected chi connectivity index (χ1v) is 5.43. The number of ether oxygens (including phenoxy) is 1. The maximum Gasteiger partial charge on any atom is 0.422 e. The van der Waals surface area contributed by atoms with Crippen LogP contribution in [0.2, 0.25) is 0 Å². The molecule has 1 rings (SSSR count). The molecular formula is C11H11F3N2O5. The standard InChI is InChI=1S/C11H11F3N2O5/c1-10(9(17)18,11(12,13)14)15-7-4-3-6(21-2)5-8(7)16(19)20/h3-5,15H,1-2H3,(H,17,18). The van der Waals surface area contributed by atoms with E-state index in [-0.39, 0.29) is 5.75 Å². The molecule has 0 amide bonds. The molecule has 0 heterocycles. The number of alkyl halides is 3. The monoisotopic (exact) mass is 308 g/mol. The molecule has 0 fully saturated rings. The van der Waals surface area contributed by atoms with E-state index in [0.29, 0.717) is 6.92 Å². The van der Waals surface area contributed by atoms with E-state index in [0.717, 1.165) is 12.1 Å². The van der Waals surface area contributed by atoms with Gasteiger partial charge in [0.2, 0.25) is 5.54 Å². The summed E-state index contributed by atoms with van der Waals surface area (Å²) in [5.74, 6) is -2.16. The Kier molecular flexibility index (Phi) is 4.30. The van der Waals surface area contributed by atoms with Gasteiger partial charge in [0.15, 0.2) is 0 Å². The first kappa shape index (κ1) is 16.5. The van der Waals surface area contributed by atoms with Crippen molar-refractivity contribution in [1.29, 1.82) is 0 Å². The number of nitrogens with zero attached hydrogens (tertiary/aromatic N) is 1. The van der Waals surface area contributed by atoms with E-state index >= 15 is 0 Å². The molecule has 21 heavy (non-hydrogen) atoms. The van der Waals surface area contributed by atoms with Gasteiger partial charge in [0, 0.05) is 0 Å². The predicted molar refractivity (Wildman–Crippen MR) is 65.4 cm³/mol. The molecule has 0 aromatic heterocycles. The van der Waals surface area contributed by atoms with Crippen molar-refractivity contribution in [3.05, 3.63) is 28.3 Å². The third-order valence-corrected chi connectivity index (χ3v) is 2.78. The van der Waals surface area contributed by atoms with E-state index in [1.165, 1.54) is 13.2 Å². The van der Waals surface area contributed by atoms with Gasteiger partial charge in [0.1, 0.15) is 11.4 Å². The van der Waals surface area contributed by atoms with Crippen molar-refractivity contribution in [2.75, 3.05) is 12.4 Å². The highest BCUT2D eigenvalue weighted by molar-refractivity contribution is 5.85. The van der Waals surface area contributed by atoms with Gasteiger partial charge in [-0.2, -0.15) is 13.2 Å². The average molecular weight is 308 g/mol. The van der Waals surface area contributed by atoms with Crippen LogP contribution in [0.15, 0.2) is 18.2 Å². The lowest BCUT2D eigenvalue weighted by Crippen LogP contribution is -2.55. The molecule has 0 aliphatic carbocycles. The molecule has 0 saturated heterocycles. The summed E-state index contributed by atoms with van der Waals surface area (Å²) in [6.45, 7) is 0.378. The molecule has 2 N–H and O–H groups in total. The molecular weight excluding hydrogens is 297 g/mol. The zero-order valence-corrected chi connectivity index (χ0v) is 10.9. The van der Waals surface area contributed by atoms with Crippen LogP contribution in [0, 0.1) is 10.1 Å². The van der Waals surface area contributed by atoms with Crippen LogP contribution in [0.1, 0.15) is 6.92 Å².